The van der Waals surface area contributed by atoms with Gasteiger partial charge in [0, 0.05) is 17.5 Å². The summed E-state index contributed by atoms with van der Waals surface area (Å²) >= 11 is 5.20. The van der Waals surface area contributed by atoms with Crippen LogP contribution in [-0.2, 0) is 6.54 Å². The number of hydrogen-bond acceptors (Lipinski definition) is 2. The minimum atomic E-state index is 0.646. The average Bonchev–Trinajstić information content (AvgIpc) is 2.97. The number of rotatable bonds is 4. The van der Waals surface area contributed by atoms with Gasteiger partial charge in [0.05, 0.1) is 10.3 Å². The topological polar surface area (TPSA) is 36.4 Å². The molecule has 0 radical (unpaired) electrons. The Hall–Kier alpha value is -0.550. The first kappa shape index (κ1) is 11.9. The van der Waals surface area contributed by atoms with Crippen molar-refractivity contribution < 1.29 is 0 Å². The van der Waals surface area contributed by atoms with E-state index in [0.717, 1.165) is 22.8 Å². The zero-order valence-corrected chi connectivity index (χ0v) is 11.7. The van der Waals surface area contributed by atoms with Gasteiger partial charge in [-0.1, -0.05) is 0 Å². The Labute approximate surface area is 108 Å². The second-order valence-corrected chi connectivity index (χ2v) is 6.37. The van der Waals surface area contributed by atoms with Crippen LogP contribution in [-0.4, -0.2) is 18.5 Å². The van der Waals surface area contributed by atoms with Gasteiger partial charge in [-0.25, -0.2) is 4.99 Å². The van der Waals surface area contributed by atoms with E-state index in [1.165, 1.54) is 17.7 Å². The normalized spacial score (nSPS) is 16.2. The fourth-order valence-corrected chi connectivity index (χ4v) is 2.74. The van der Waals surface area contributed by atoms with Crippen LogP contribution in [0.5, 0.6) is 0 Å². The monoisotopic (exact) mass is 301 g/mol. The SMILES string of the molecule is CCNC(=NCc1ccc(Br)s1)NC1CC1. The maximum atomic E-state index is 4.56. The molecule has 16 heavy (non-hydrogen) atoms. The molecule has 2 N–H and O–H groups in total. The molecule has 0 atom stereocenters. The predicted octanol–water partition coefficient (Wildman–Crippen LogP) is 2.73. The highest BCUT2D eigenvalue weighted by Crippen LogP contribution is 2.22. The van der Waals surface area contributed by atoms with Crippen molar-refractivity contribution in [2.75, 3.05) is 6.54 Å². The Morgan fingerprint density at radius 3 is 2.94 bits per heavy atom. The number of halogens is 1. The molecule has 1 aliphatic carbocycles. The highest BCUT2D eigenvalue weighted by Gasteiger charge is 2.21. The highest BCUT2D eigenvalue weighted by atomic mass is 79.9. The van der Waals surface area contributed by atoms with E-state index in [1.807, 2.05) is 0 Å². The molecule has 1 aromatic rings. The van der Waals surface area contributed by atoms with Crippen molar-refractivity contribution in [3.05, 3.63) is 20.8 Å². The summed E-state index contributed by atoms with van der Waals surface area (Å²) in [4.78, 5) is 5.84. The van der Waals surface area contributed by atoms with Crippen LogP contribution in [0.1, 0.15) is 24.6 Å². The summed E-state index contributed by atoms with van der Waals surface area (Å²) in [5.41, 5.74) is 0. The van der Waals surface area contributed by atoms with Crippen molar-refractivity contribution in [3.63, 3.8) is 0 Å². The summed E-state index contributed by atoms with van der Waals surface area (Å²) in [6, 6.07) is 4.82. The third kappa shape index (κ3) is 3.79. The van der Waals surface area contributed by atoms with E-state index in [2.05, 4.69) is 50.6 Å². The van der Waals surface area contributed by atoms with Crippen LogP contribution in [0.2, 0.25) is 0 Å². The van der Waals surface area contributed by atoms with Gasteiger partial charge in [-0.15, -0.1) is 11.3 Å². The molecule has 88 valence electrons. The van der Waals surface area contributed by atoms with Crippen LogP contribution in [0.25, 0.3) is 0 Å². The fourth-order valence-electron chi connectivity index (χ4n) is 1.33. The predicted molar refractivity (Wildman–Crippen MR) is 73.0 cm³/mol. The lowest BCUT2D eigenvalue weighted by molar-refractivity contribution is 0.813. The Bertz CT molecular complexity index is 371. The molecule has 2 rings (SSSR count). The van der Waals surface area contributed by atoms with Crippen molar-refractivity contribution in [2.45, 2.75) is 32.4 Å². The van der Waals surface area contributed by atoms with Gasteiger partial charge in [0.2, 0.25) is 0 Å². The Morgan fingerprint density at radius 2 is 2.38 bits per heavy atom. The second-order valence-electron chi connectivity index (χ2n) is 3.82. The first-order valence-electron chi connectivity index (χ1n) is 5.57. The smallest absolute Gasteiger partial charge is 0.191 e. The van der Waals surface area contributed by atoms with Crippen molar-refractivity contribution in [1.82, 2.24) is 10.6 Å². The zero-order valence-electron chi connectivity index (χ0n) is 9.29. The van der Waals surface area contributed by atoms with Crippen LogP contribution in [0.4, 0.5) is 0 Å². The fraction of sp³-hybridized carbons (Fsp3) is 0.545. The van der Waals surface area contributed by atoms with Crippen LogP contribution in [0.15, 0.2) is 20.9 Å². The Kier molecular flexibility index (Phi) is 4.23. The Morgan fingerprint density at radius 1 is 1.56 bits per heavy atom. The molecule has 0 aliphatic heterocycles. The average molecular weight is 302 g/mol. The largest absolute Gasteiger partial charge is 0.357 e. The van der Waals surface area contributed by atoms with E-state index < -0.39 is 0 Å². The Balaban J connectivity index is 1.90. The lowest BCUT2D eigenvalue weighted by Gasteiger charge is -2.09. The van der Waals surface area contributed by atoms with Crippen molar-refractivity contribution >= 4 is 33.2 Å². The van der Waals surface area contributed by atoms with Gasteiger partial charge in [0.15, 0.2) is 5.96 Å². The number of hydrogen-bond donors (Lipinski definition) is 2. The van der Waals surface area contributed by atoms with E-state index in [1.54, 1.807) is 11.3 Å². The second kappa shape index (κ2) is 5.68. The molecule has 0 saturated heterocycles. The highest BCUT2D eigenvalue weighted by molar-refractivity contribution is 9.11. The van der Waals surface area contributed by atoms with E-state index in [4.69, 9.17) is 0 Å². The lowest BCUT2D eigenvalue weighted by atomic mass is 10.5. The van der Waals surface area contributed by atoms with Crippen molar-refractivity contribution in [3.8, 4) is 0 Å². The molecule has 0 aromatic carbocycles. The molecule has 5 heteroatoms. The number of nitrogens with one attached hydrogen (secondary N) is 2. The van der Waals surface area contributed by atoms with Gasteiger partial charge >= 0.3 is 0 Å². The van der Waals surface area contributed by atoms with Gasteiger partial charge in [-0.3, -0.25) is 0 Å². The van der Waals surface area contributed by atoms with Crippen LogP contribution in [0.3, 0.4) is 0 Å². The van der Waals surface area contributed by atoms with Crippen molar-refractivity contribution in [2.24, 2.45) is 4.99 Å². The van der Waals surface area contributed by atoms with E-state index in [9.17, 15) is 0 Å². The standard InChI is InChI=1S/C11H16BrN3S/c1-2-13-11(15-8-3-4-8)14-7-9-5-6-10(12)16-9/h5-6,8H,2-4,7H2,1H3,(H2,13,14,15). The molecular weight excluding hydrogens is 286 g/mol. The molecule has 0 unspecified atom stereocenters. The molecule has 3 nitrogen and oxygen atoms in total. The first-order valence-corrected chi connectivity index (χ1v) is 7.18. The van der Waals surface area contributed by atoms with Gasteiger partial charge in [0.25, 0.3) is 0 Å². The maximum Gasteiger partial charge on any atom is 0.191 e. The van der Waals surface area contributed by atoms with Gasteiger partial charge < -0.3 is 10.6 Å². The van der Waals surface area contributed by atoms with Gasteiger partial charge in [0.1, 0.15) is 0 Å². The molecule has 1 heterocycles. The third-order valence-electron chi connectivity index (χ3n) is 2.28. The summed E-state index contributed by atoms with van der Waals surface area (Å²) < 4.78 is 1.16. The summed E-state index contributed by atoms with van der Waals surface area (Å²) in [7, 11) is 0. The first-order chi connectivity index (χ1) is 7.78. The van der Waals surface area contributed by atoms with Crippen LogP contribution in [0, 0.1) is 0 Å². The van der Waals surface area contributed by atoms with Crippen LogP contribution >= 0.6 is 27.3 Å². The van der Waals surface area contributed by atoms with E-state index in [-0.39, 0.29) is 0 Å². The number of thiophene rings is 1. The molecule has 0 bridgehead atoms. The van der Waals surface area contributed by atoms with Gasteiger partial charge in [-0.2, -0.15) is 0 Å². The number of aliphatic imine (C=N–C) groups is 1. The molecule has 1 fully saturated rings. The zero-order chi connectivity index (χ0) is 11.4. The quantitative estimate of drug-likeness (QED) is 0.663. The van der Waals surface area contributed by atoms with E-state index in [0.29, 0.717) is 6.04 Å². The minimum Gasteiger partial charge on any atom is -0.357 e. The van der Waals surface area contributed by atoms with Crippen LogP contribution < -0.4 is 10.6 Å². The molecule has 1 aromatic heterocycles. The molecule has 1 aliphatic rings. The molecular formula is C11H16BrN3S. The summed E-state index contributed by atoms with van der Waals surface area (Å²) in [5, 5.41) is 6.66. The molecule has 1 saturated carbocycles. The summed E-state index contributed by atoms with van der Waals surface area (Å²) in [6.07, 6.45) is 2.55. The maximum absolute atomic E-state index is 4.56. The molecule has 0 amide bonds. The van der Waals surface area contributed by atoms with E-state index >= 15 is 0 Å². The minimum absolute atomic E-state index is 0.646. The lowest BCUT2D eigenvalue weighted by Crippen LogP contribution is -2.38. The molecule has 0 spiro atoms. The number of guanidine groups is 1. The number of nitrogens with zero attached hydrogens (tertiary/aromatic N) is 1. The summed E-state index contributed by atoms with van der Waals surface area (Å²) in [5.74, 6) is 0.939. The van der Waals surface area contributed by atoms with Crippen molar-refractivity contribution in [1.29, 1.82) is 0 Å². The third-order valence-corrected chi connectivity index (χ3v) is 3.89. The van der Waals surface area contributed by atoms with Gasteiger partial charge in [-0.05, 0) is 47.8 Å². The summed E-state index contributed by atoms with van der Waals surface area (Å²) in [6.45, 7) is 3.75.